The number of tetrazole rings is 1. The maximum Gasteiger partial charge on any atom is 0.209 e. The number of rotatable bonds is 8. The Balaban J connectivity index is 1.82. The van der Waals surface area contributed by atoms with Crippen LogP contribution in [0.25, 0.3) is 0 Å². The van der Waals surface area contributed by atoms with Crippen LogP contribution in [0.3, 0.4) is 0 Å². The molecule has 1 aromatic carbocycles. The number of nitrogens with zero attached hydrogens (tertiary/aromatic N) is 4. The van der Waals surface area contributed by atoms with Crippen LogP contribution in [-0.2, 0) is 13.6 Å². The fourth-order valence-electron chi connectivity index (χ4n) is 1.86. The lowest BCUT2D eigenvalue weighted by Gasteiger charge is -2.12. The van der Waals surface area contributed by atoms with E-state index in [0.29, 0.717) is 23.1 Å². The Kier molecular flexibility index (Phi) is 6.29. The number of nitrogens with one attached hydrogen (secondary N) is 1. The number of aryl methyl sites for hydroxylation is 1. The van der Waals surface area contributed by atoms with Crippen LogP contribution in [0.5, 0.6) is 11.5 Å². The van der Waals surface area contributed by atoms with Crippen LogP contribution >= 0.6 is 23.4 Å². The third-order valence-electron chi connectivity index (χ3n) is 2.91. The molecule has 0 aliphatic carbocycles. The van der Waals surface area contributed by atoms with Gasteiger partial charge in [0.05, 0.1) is 19.2 Å². The third-order valence-corrected chi connectivity index (χ3v) is 4.21. The third kappa shape index (κ3) is 4.25. The zero-order valence-electron chi connectivity index (χ0n) is 12.7. The van der Waals surface area contributed by atoms with Crippen LogP contribution in [0.15, 0.2) is 17.3 Å². The van der Waals surface area contributed by atoms with E-state index >= 15 is 0 Å². The second-order valence-corrected chi connectivity index (χ2v) is 5.89. The van der Waals surface area contributed by atoms with Gasteiger partial charge in [-0.15, -0.1) is 5.10 Å². The average molecular weight is 344 g/mol. The molecule has 0 radical (unpaired) electrons. The Bertz CT molecular complexity index is 622. The molecule has 22 heavy (non-hydrogen) atoms. The summed E-state index contributed by atoms with van der Waals surface area (Å²) in [5, 5.41) is 16.0. The lowest BCUT2D eigenvalue weighted by molar-refractivity contribution is 0.354. The largest absolute Gasteiger partial charge is 0.493 e. The number of thioether (sulfide) groups is 1. The van der Waals surface area contributed by atoms with Crippen molar-refractivity contribution in [2.24, 2.45) is 7.05 Å². The van der Waals surface area contributed by atoms with Gasteiger partial charge in [0, 0.05) is 25.9 Å². The molecule has 1 aromatic heterocycles. The summed E-state index contributed by atoms with van der Waals surface area (Å²) in [6.45, 7) is 1.52. The molecular weight excluding hydrogens is 326 g/mol. The van der Waals surface area contributed by atoms with Gasteiger partial charge in [-0.25, -0.2) is 4.68 Å². The number of aromatic nitrogens is 4. The SMILES string of the molecule is COc1cc(CNCCSc2nnnn2C)cc(Cl)c1OC. The second-order valence-electron chi connectivity index (χ2n) is 4.42. The maximum absolute atomic E-state index is 6.18. The molecule has 0 aliphatic heterocycles. The van der Waals surface area contributed by atoms with Crippen molar-refractivity contribution in [3.05, 3.63) is 22.7 Å². The second kappa shape index (κ2) is 8.21. The summed E-state index contributed by atoms with van der Waals surface area (Å²) in [6.07, 6.45) is 0. The smallest absolute Gasteiger partial charge is 0.209 e. The van der Waals surface area contributed by atoms with Crippen LogP contribution in [0, 0.1) is 0 Å². The molecule has 0 unspecified atom stereocenters. The van der Waals surface area contributed by atoms with Crippen molar-refractivity contribution < 1.29 is 9.47 Å². The van der Waals surface area contributed by atoms with E-state index in [1.807, 2.05) is 19.2 Å². The lowest BCUT2D eigenvalue weighted by Crippen LogP contribution is -2.17. The number of hydrogen-bond acceptors (Lipinski definition) is 7. The summed E-state index contributed by atoms with van der Waals surface area (Å²) in [5.41, 5.74) is 1.04. The van der Waals surface area contributed by atoms with E-state index < -0.39 is 0 Å². The molecule has 2 rings (SSSR count). The highest BCUT2D eigenvalue weighted by molar-refractivity contribution is 7.99. The van der Waals surface area contributed by atoms with Gasteiger partial charge in [0.25, 0.3) is 0 Å². The minimum atomic E-state index is 0.540. The molecule has 0 saturated carbocycles. The van der Waals surface area contributed by atoms with Crippen molar-refractivity contribution in [1.82, 2.24) is 25.5 Å². The van der Waals surface area contributed by atoms with Crippen molar-refractivity contribution in [1.29, 1.82) is 0 Å². The molecule has 0 atom stereocenters. The van der Waals surface area contributed by atoms with Crippen LogP contribution in [-0.4, -0.2) is 46.7 Å². The van der Waals surface area contributed by atoms with E-state index in [0.717, 1.165) is 23.0 Å². The maximum atomic E-state index is 6.18. The molecular formula is C13H18ClN5O2S. The topological polar surface area (TPSA) is 74.1 Å². The quantitative estimate of drug-likeness (QED) is 0.578. The van der Waals surface area contributed by atoms with Gasteiger partial charge < -0.3 is 14.8 Å². The fourth-order valence-corrected chi connectivity index (χ4v) is 2.92. The molecule has 0 amide bonds. The number of methoxy groups -OCH3 is 2. The Hall–Kier alpha value is -1.51. The van der Waals surface area contributed by atoms with Crippen LogP contribution in [0.2, 0.25) is 5.02 Å². The first kappa shape index (κ1) is 16.9. The number of benzene rings is 1. The molecule has 120 valence electrons. The Labute approximate surface area is 138 Å². The molecule has 0 saturated heterocycles. The number of halogens is 1. The van der Waals surface area contributed by atoms with Crippen molar-refractivity contribution in [3.8, 4) is 11.5 Å². The number of ether oxygens (including phenoxy) is 2. The fraction of sp³-hybridized carbons (Fsp3) is 0.462. The van der Waals surface area contributed by atoms with Crippen LogP contribution in [0.4, 0.5) is 0 Å². The summed E-state index contributed by atoms with van der Waals surface area (Å²) in [5.74, 6) is 2.06. The van der Waals surface area contributed by atoms with E-state index in [1.165, 1.54) is 0 Å². The minimum absolute atomic E-state index is 0.540. The van der Waals surface area contributed by atoms with E-state index in [1.54, 1.807) is 30.7 Å². The molecule has 0 spiro atoms. The van der Waals surface area contributed by atoms with E-state index in [4.69, 9.17) is 21.1 Å². The van der Waals surface area contributed by atoms with Gasteiger partial charge in [-0.2, -0.15) is 0 Å². The highest BCUT2D eigenvalue weighted by Gasteiger charge is 2.10. The average Bonchev–Trinajstić information content (AvgIpc) is 2.91. The van der Waals surface area contributed by atoms with Gasteiger partial charge in [0.2, 0.25) is 5.16 Å². The van der Waals surface area contributed by atoms with E-state index in [2.05, 4.69) is 20.8 Å². The van der Waals surface area contributed by atoms with Gasteiger partial charge in [-0.1, -0.05) is 23.4 Å². The highest BCUT2D eigenvalue weighted by atomic mass is 35.5. The normalized spacial score (nSPS) is 10.7. The van der Waals surface area contributed by atoms with Gasteiger partial charge in [-0.3, -0.25) is 0 Å². The lowest BCUT2D eigenvalue weighted by atomic mass is 10.2. The molecule has 1 N–H and O–H groups in total. The molecule has 1 heterocycles. The van der Waals surface area contributed by atoms with Gasteiger partial charge in [0.15, 0.2) is 11.5 Å². The summed E-state index contributed by atoms with van der Waals surface area (Å²) in [6, 6.07) is 3.78. The van der Waals surface area contributed by atoms with Crippen molar-refractivity contribution in [3.63, 3.8) is 0 Å². The Morgan fingerprint density at radius 3 is 2.77 bits per heavy atom. The van der Waals surface area contributed by atoms with Gasteiger partial charge in [0.1, 0.15) is 0 Å². The van der Waals surface area contributed by atoms with Gasteiger partial charge in [-0.05, 0) is 28.1 Å². The molecule has 0 fully saturated rings. The summed E-state index contributed by atoms with van der Waals surface area (Å²) < 4.78 is 12.1. The van der Waals surface area contributed by atoms with E-state index in [9.17, 15) is 0 Å². The summed E-state index contributed by atoms with van der Waals surface area (Å²) >= 11 is 7.78. The Morgan fingerprint density at radius 1 is 1.32 bits per heavy atom. The van der Waals surface area contributed by atoms with Crippen LogP contribution in [0.1, 0.15) is 5.56 Å². The number of hydrogen-bond donors (Lipinski definition) is 1. The zero-order chi connectivity index (χ0) is 15.9. The molecule has 0 aliphatic rings. The Morgan fingerprint density at radius 2 is 2.14 bits per heavy atom. The first-order chi connectivity index (χ1) is 10.7. The monoisotopic (exact) mass is 343 g/mol. The minimum Gasteiger partial charge on any atom is -0.493 e. The van der Waals surface area contributed by atoms with Crippen molar-refractivity contribution in [2.75, 3.05) is 26.5 Å². The van der Waals surface area contributed by atoms with E-state index in [-0.39, 0.29) is 0 Å². The first-order valence-electron chi connectivity index (χ1n) is 6.62. The van der Waals surface area contributed by atoms with Crippen molar-refractivity contribution in [2.45, 2.75) is 11.7 Å². The molecule has 7 nitrogen and oxygen atoms in total. The molecule has 9 heteroatoms. The predicted molar refractivity (Wildman–Crippen MR) is 85.8 cm³/mol. The first-order valence-corrected chi connectivity index (χ1v) is 7.98. The zero-order valence-corrected chi connectivity index (χ0v) is 14.2. The predicted octanol–water partition coefficient (Wildman–Crippen LogP) is 1.76. The summed E-state index contributed by atoms with van der Waals surface area (Å²) in [7, 11) is 4.98. The van der Waals surface area contributed by atoms with Crippen molar-refractivity contribution >= 4 is 23.4 Å². The highest BCUT2D eigenvalue weighted by Crippen LogP contribution is 2.35. The van der Waals surface area contributed by atoms with Crippen LogP contribution < -0.4 is 14.8 Å². The molecule has 2 aromatic rings. The van der Waals surface area contributed by atoms with Gasteiger partial charge >= 0.3 is 0 Å². The summed E-state index contributed by atoms with van der Waals surface area (Å²) in [4.78, 5) is 0. The standard InChI is InChI=1S/C13H18ClN5O2S/c1-19-13(16-17-18-19)22-5-4-15-8-9-6-10(14)12(21-3)11(7-9)20-2/h6-7,15H,4-5,8H2,1-3H3. The molecule has 0 bridgehead atoms.